The first kappa shape index (κ1) is 20.4. The molecule has 0 radical (unpaired) electrons. The van der Waals surface area contributed by atoms with Crippen LogP contribution >= 0.6 is 11.8 Å². The van der Waals surface area contributed by atoms with Gasteiger partial charge in [-0.15, -0.1) is 11.8 Å². The van der Waals surface area contributed by atoms with Gasteiger partial charge >= 0.3 is 5.97 Å². The van der Waals surface area contributed by atoms with E-state index in [4.69, 9.17) is 4.74 Å². The molecule has 0 saturated carbocycles. The van der Waals surface area contributed by atoms with Crippen molar-refractivity contribution in [3.63, 3.8) is 0 Å². The predicted octanol–water partition coefficient (Wildman–Crippen LogP) is 4.12. The molecule has 0 bridgehead atoms. The molecule has 7 nitrogen and oxygen atoms in total. The number of esters is 1. The lowest BCUT2D eigenvalue weighted by Crippen LogP contribution is -2.30. The van der Waals surface area contributed by atoms with E-state index in [0.29, 0.717) is 10.6 Å². The second-order valence-corrected chi connectivity index (χ2v) is 6.85. The molecule has 1 amide bonds. The number of aryl methyl sites for hydroxylation is 2. The van der Waals surface area contributed by atoms with E-state index in [1.807, 2.05) is 26.0 Å². The van der Waals surface area contributed by atoms with Gasteiger partial charge in [0.2, 0.25) is 0 Å². The SMILES string of the molecule is CSc1ccc(C(=O)O[C@@H](C)C(=O)Nc2ccc(C)cc2C)cc1[N+](=O)[O-]. The van der Waals surface area contributed by atoms with Crippen molar-refractivity contribution < 1.29 is 19.2 Å². The Bertz CT molecular complexity index is 898. The Kier molecular flexibility index (Phi) is 6.57. The maximum atomic E-state index is 12.3. The number of nitro benzene ring substituents is 1. The second kappa shape index (κ2) is 8.68. The molecule has 0 aliphatic heterocycles. The molecular formula is C19H20N2O5S. The maximum Gasteiger partial charge on any atom is 0.339 e. The highest BCUT2D eigenvalue weighted by molar-refractivity contribution is 7.98. The highest BCUT2D eigenvalue weighted by atomic mass is 32.2. The van der Waals surface area contributed by atoms with Crippen LogP contribution in [0.15, 0.2) is 41.3 Å². The Labute approximate surface area is 161 Å². The number of hydrogen-bond donors (Lipinski definition) is 1. The summed E-state index contributed by atoms with van der Waals surface area (Å²) >= 11 is 1.21. The molecule has 142 valence electrons. The minimum atomic E-state index is -1.06. The normalized spacial score (nSPS) is 11.6. The lowest BCUT2D eigenvalue weighted by molar-refractivity contribution is -0.387. The van der Waals surface area contributed by atoms with Gasteiger partial charge in [-0.2, -0.15) is 0 Å². The Morgan fingerprint density at radius 2 is 1.89 bits per heavy atom. The number of carbonyl (C=O) groups excluding carboxylic acids is 2. The fourth-order valence-electron chi connectivity index (χ4n) is 2.43. The van der Waals surface area contributed by atoms with Gasteiger partial charge in [-0.05, 0) is 50.8 Å². The fraction of sp³-hybridized carbons (Fsp3) is 0.263. The number of ether oxygens (including phenoxy) is 1. The van der Waals surface area contributed by atoms with Crippen molar-refractivity contribution in [1.29, 1.82) is 0 Å². The smallest absolute Gasteiger partial charge is 0.339 e. The Balaban J connectivity index is 2.09. The molecule has 0 heterocycles. The van der Waals surface area contributed by atoms with Crippen molar-refractivity contribution in [3.05, 3.63) is 63.2 Å². The third-order valence-corrected chi connectivity index (χ3v) is 4.69. The van der Waals surface area contributed by atoms with E-state index in [0.717, 1.165) is 17.2 Å². The molecule has 0 saturated heterocycles. The molecule has 1 atom stereocenters. The predicted molar refractivity (Wildman–Crippen MR) is 104 cm³/mol. The lowest BCUT2D eigenvalue weighted by atomic mass is 10.1. The molecule has 8 heteroatoms. The van der Waals surface area contributed by atoms with E-state index in [2.05, 4.69) is 5.32 Å². The third-order valence-electron chi connectivity index (χ3n) is 3.90. The lowest BCUT2D eigenvalue weighted by Gasteiger charge is -2.15. The molecule has 0 unspecified atom stereocenters. The van der Waals surface area contributed by atoms with Gasteiger partial charge < -0.3 is 10.1 Å². The third kappa shape index (κ3) is 5.07. The van der Waals surface area contributed by atoms with E-state index in [-0.39, 0.29) is 11.3 Å². The molecule has 1 N–H and O–H groups in total. The molecule has 0 aliphatic carbocycles. The molecule has 2 aromatic rings. The highest BCUT2D eigenvalue weighted by Gasteiger charge is 2.22. The van der Waals surface area contributed by atoms with E-state index >= 15 is 0 Å². The molecule has 0 spiro atoms. The van der Waals surface area contributed by atoms with Crippen molar-refractivity contribution in [1.82, 2.24) is 0 Å². The molecule has 2 rings (SSSR count). The zero-order valence-electron chi connectivity index (χ0n) is 15.4. The number of benzene rings is 2. The van der Waals surface area contributed by atoms with E-state index in [1.165, 1.54) is 30.8 Å². The minimum Gasteiger partial charge on any atom is -0.449 e. The number of thioether (sulfide) groups is 1. The summed E-state index contributed by atoms with van der Waals surface area (Å²) in [5, 5.41) is 13.8. The number of nitrogens with zero attached hydrogens (tertiary/aromatic N) is 1. The van der Waals surface area contributed by atoms with Gasteiger partial charge in [0.05, 0.1) is 15.4 Å². The quantitative estimate of drug-likeness (QED) is 0.346. The van der Waals surface area contributed by atoms with Crippen LogP contribution < -0.4 is 5.32 Å². The van der Waals surface area contributed by atoms with Crippen LogP contribution in [0.3, 0.4) is 0 Å². The number of rotatable bonds is 6. The molecule has 0 aromatic heterocycles. The summed E-state index contributed by atoms with van der Waals surface area (Å²) < 4.78 is 5.16. The van der Waals surface area contributed by atoms with Crippen LogP contribution in [-0.4, -0.2) is 29.2 Å². The molecular weight excluding hydrogens is 368 g/mol. The number of nitro groups is 1. The van der Waals surface area contributed by atoms with Crippen molar-refractivity contribution in [3.8, 4) is 0 Å². The number of nitrogens with one attached hydrogen (secondary N) is 1. The summed E-state index contributed by atoms with van der Waals surface area (Å²) in [6.07, 6.45) is 0.650. The zero-order chi connectivity index (χ0) is 20.1. The highest BCUT2D eigenvalue weighted by Crippen LogP contribution is 2.28. The van der Waals surface area contributed by atoms with Crippen LogP contribution in [-0.2, 0) is 9.53 Å². The minimum absolute atomic E-state index is 0.0191. The van der Waals surface area contributed by atoms with Crippen LogP contribution in [0.25, 0.3) is 0 Å². The van der Waals surface area contributed by atoms with Crippen molar-refractivity contribution in [2.75, 3.05) is 11.6 Å². The standard InChI is InChI=1S/C19H20N2O5S/c1-11-5-7-15(12(2)9-11)20-18(22)13(3)26-19(23)14-6-8-17(27-4)16(10-14)21(24)25/h5-10,13H,1-4H3,(H,20,22)/t13-/m0/s1. The molecule has 0 fully saturated rings. The number of amides is 1. The maximum absolute atomic E-state index is 12.3. The van der Waals surface area contributed by atoms with Crippen LogP contribution in [0.4, 0.5) is 11.4 Å². The van der Waals surface area contributed by atoms with Crippen molar-refractivity contribution in [2.24, 2.45) is 0 Å². The topological polar surface area (TPSA) is 98.5 Å². The average Bonchev–Trinajstić information content (AvgIpc) is 2.63. The molecule has 0 aliphatic rings. The summed E-state index contributed by atoms with van der Waals surface area (Å²) in [5.41, 5.74) is 2.44. The van der Waals surface area contributed by atoms with E-state index in [9.17, 15) is 19.7 Å². The molecule has 27 heavy (non-hydrogen) atoms. The van der Waals surface area contributed by atoms with Crippen LogP contribution in [0, 0.1) is 24.0 Å². The summed E-state index contributed by atoms with van der Waals surface area (Å²) in [6.45, 7) is 5.26. The van der Waals surface area contributed by atoms with E-state index < -0.39 is 22.9 Å². The van der Waals surface area contributed by atoms with Crippen molar-refractivity contribution in [2.45, 2.75) is 31.8 Å². The average molecular weight is 388 g/mol. The summed E-state index contributed by atoms with van der Waals surface area (Å²) in [6, 6.07) is 9.66. The van der Waals surface area contributed by atoms with Crippen LogP contribution in [0.2, 0.25) is 0 Å². The first-order valence-corrected chi connectivity index (χ1v) is 9.37. The summed E-state index contributed by atoms with van der Waals surface area (Å²) in [4.78, 5) is 35.6. The summed E-state index contributed by atoms with van der Waals surface area (Å²) in [7, 11) is 0. The van der Waals surface area contributed by atoms with Gasteiger partial charge in [-0.25, -0.2) is 4.79 Å². The Hall–Kier alpha value is -2.87. The number of carbonyl (C=O) groups is 2. The largest absolute Gasteiger partial charge is 0.449 e. The van der Waals surface area contributed by atoms with Crippen molar-refractivity contribution >= 4 is 35.0 Å². The fourth-order valence-corrected chi connectivity index (χ4v) is 2.98. The monoisotopic (exact) mass is 388 g/mol. The van der Waals surface area contributed by atoms with Gasteiger partial charge in [-0.1, -0.05) is 17.7 Å². The number of hydrogen-bond acceptors (Lipinski definition) is 6. The first-order chi connectivity index (χ1) is 12.7. The first-order valence-electron chi connectivity index (χ1n) is 8.14. The Morgan fingerprint density at radius 1 is 1.19 bits per heavy atom. The van der Waals surface area contributed by atoms with Crippen LogP contribution in [0.5, 0.6) is 0 Å². The van der Waals surface area contributed by atoms with Gasteiger partial charge in [0, 0.05) is 11.8 Å². The summed E-state index contributed by atoms with van der Waals surface area (Å²) in [5.74, 6) is -1.28. The van der Waals surface area contributed by atoms with Gasteiger partial charge in [0.1, 0.15) is 0 Å². The molecule has 2 aromatic carbocycles. The second-order valence-electron chi connectivity index (χ2n) is 6.00. The van der Waals surface area contributed by atoms with Gasteiger partial charge in [-0.3, -0.25) is 14.9 Å². The zero-order valence-corrected chi connectivity index (χ0v) is 16.3. The van der Waals surface area contributed by atoms with Gasteiger partial charge in [0.25, 0.3) is 11.6 Å². The van der Waals surface area contributed by atoms with E-state index in [1.54, 1.807) is 12.3 Å². The van der Waals surface area contributed by atoms with Crippen LogP contribution in [0.1, 0.15) is 28.4 Å². The Morgan fingerprint density at radius 3 is 2.48 bits per heavy atom. The van der Waals surface area contributed by atoms with Gasteiger partial charge in [0.15, 0.2) is 6.10 Å². The number of anilines is 1.